The summed E-state index contributed by atoms with van der Waals surface area (Å²) < 4.78 is 1.77. The van der Waals surface area contributed by atoms with Crippen LogP contribution in [0.4, 0.5) is 11.4 Å². The molecule has 8 nitrogen and oxygen atoms in total. The van der Waals surface area contributed by atoms with E-state index < -0.39 is 0 Å². The summed E-state index contributed by atoms with van der Waals surface area (Å²) >= 11 is 1.60. The number of aryl methyl sites for hydroxylation is 2. The van der Waals surface area contributed by atoms with Gasteiger partial charge in [0.05, 0.1) is 5.92 Å². The van der Waals surface area contributed by atoms with E-state index in [-0.39, 0.29) is 24.2 Å². The lowest BCUT2D eigenvalue weighted by molar-refractivity contribution is -0.122. The molecule has 5 rings (SSSR count). The smallest absolute Gasteiger partial charge is 0.253 e. The second-order valence-corrected chi connectivity index (χ2v) is 9.73. The van der Waals surface area contributed by atoms with E-state index in [1.807, 2.05) is 62.4 Å². The molecule has 2 aromatic heterocycles. The van der Waals surface area contributed by atoms with Crippen molar-refractivity contribution in [3.63, 3.8) is 0 Å². The number of nitrogens with zero attached hydrogens (tertiary/aromatic N) is 5. The van der Waals surface area contributed by atoms with E-state index in [1.54, 1.807) is 21.2 Å². The van der Waals surface area contributed by atoms with Crippen molar-refractivity contribution in [1.29, 1.82) is 0 Å². The van der Waals surface area contributed by atoms with Crippen LogP contribution in [0, 0.1) is 19.8 Å². The Morgan fingerprint density at radius 3 is 2.57 bits per heavy atom. The maximum atomic E-state index is 12.9. The van der Waals surface area contributed by atoms with Gasteiger partial charge in [0, 0.05) is 40.5 Å². The van der Waals surface area contributed by atoms with E-state index in [4.69, 9.17) is 0 Å². The lowest BCUT2D eigenvalue weighted by Crippen LogP contribution is -2.28. The molecule has 1 N–H and O–H groups in total. The number of hydrogen-bond donors (Lipinski definition) is 1. The number of nitrogens with one attached hydrogen (secondary N) is 1. The molecule has 1 unspecified atom stereocenters. The van der Waals surface area contributed by atoms with E-state index in [9.17, 15) is 9.59 Å². The van der Waals surface area contributed by atoms with Crippen molar-refractivity contribution in [3.8, 4) is 0 Å². The summed E-state index contributed by atoms with van der Waals surface area (Å²) in [6.07, 6.45) is 2.56. The molecule has 3 heterocycles. The van der Waals surface area contributed by atoms with E-state index in [0.29, 0.717) is 18.0 Å². The quantitative estimate of drug-likeness (QED) is 0.405. The number of amides is 2. The van der Waals surface area contributed by atoms with Gasteiger partial charge in [-0.15, -0.1) is 0 Å². The Kier molecular flexibility index (Phi) is 6.25. The highest BCUT2D eigenvalue weighted by atomic mass is 32.2. The van der Waals surface area contributed by atoms with Gasteiger partial charge in [0.25, 0.3) is 5.78 Å². The van der Waals surface area contributed by atoms with Crippen molar-refractivity contribution in [1.82, 2.24) is 19.6 Å². The molecule has 2 amide bonds. The molecular weight excluding hydrogens is 460 g/mol. The average Bonchev–Trinajstić information content (AvgIpc) is 3.47. The highest BCUT2D eigenvalue weighted by molar-refractivity contribution is 7.99. The van der Waals surface area contributed by atoms with Gasteiger partial charge in [-0.05, 0) is 56.7 Å². The van der Waals surface area contributed by atoms with Crippen LogP contribution >= 0.6 is 11.8 Å². The van der Waals surface area contributed by atoms with Crippen molar-refractivity contribution >= 4 is 40.7 Å². The Labute approximate surface area is 207 Å². The van der Waals surface area contributed by atoms with Crippen molar-refractivity contribution < 1.29 is 9.59 Å². The van der Waals surface area contributed by atoms with E-state index >= 15 is 0 Å². The monoisotopic (exact) mass is 486 g/mol. The third kappa shape index (κ3) is 4.64. The largest absolute Gasteiger partial charge is 0.326 e. The van der Waals surface area contributed by atoms with Gasteiger partial charge in [0.1, 0.15) is 11.4 Å². The van der Waals surface area contributed by atoms with Crippen LogP contribution < -0.4 is 10.2 Å². The number of aromatic nitrogens is 4. The normalized spacial score (nSPS) is 15.7. The molecule has 1 saturated heterocycles. The SMILES string of the molecule is CCc1c(C)nc2ncnn2c1Sc1ccc(NC(=O)C2CC(=O)N(c3ccc(C)cc3)C2)cc1. The molecule has 1 aliphatic heterocycles. The van der Waals surface area contributed by atoms with E-state index in [1.165, 1.54) is 6.33 Å². The second kappa shape index (κ2) is 9.50. The van der Waals surface area contributed by atoms with Crippen molar-refractivity contribution in [3.05, 3.63) is 71.7 Å². The van der Waals surface area contributed by atoms with Crippen molar-refractivity contribution in [2.24, 2.45) is 5.92 Å². The first-order valence-corrected chi connectivity index (χ1v) is 12.4. The fourth-order valence-electron chi connectivity index (χ4n) is 4.29. The average molecular weight is 487 g/mol. The first-order chi connectivity index (χ1) is 16.9. The Bertz CT molecular complexity index is 1400. The molecule has 178 valence electrons. The van der Waals surface area contributed by atoms with Crippen molar-refractivity contribution in [2.75, 3.05) is 16.8 Å². The molecular formula is C26H26N6O2S. The molecule has 1 fully saturated rings. The third-order valence-electron chi connectivity index (χ3n) is 6.22. The van der Waals surface area contributed by atoms with Gasteiger partial charge in [-0.3, -0.25) is 9.59 Å². The Morgan fingerprint density at radius 2 is 1.86 bits per heavy atom. The van der Waals surface area contributed by atoms with Crippen LogP contribution in [0.5, 0.6) is 0 Å². The molecule has 0 bridgehead atoms. The fourth-order valence-corrected chi connectivity index (χ4v) is 5.41. The Morgan fingerprint density at radius 1 is 1.11 bits per heavy atom. The zero-order valence-electron chi connectivity index (χ0n) is 19.9. The number of carbonyl (C=O) groups is 2. The van der Waals surface area contributed by atoms with Crippen LogP contribution in [0.15, 0.2) is 64.8 Å². The third-order valence-corrected chi connectivity index (χ3v) is 7.34. The minimum absolute atomic E-state index is 0.0282. The second-order valence-electron chi connectivity index (χ2n) is 8.66. The number of fused-ring (bicyclic) bond motifs is 1. The maximum Gasteiger partial charge on any atom is 0.253 e. The summed E-state index contributed by atoms with van der Waals surface area (Å²) in [5.41, 5.74) is 4.75. The van der Waals surface area contributed by atoms with Crippen LogP contribution in [-0.4, -0.2) is 37.9 Å². The molecule has 35 heavy (non-hydrogen) atoms. The highest BCUT2D eigenvalue weighted by Crippen LogP contribution is 2.33. The Hall–Kier alpha value is -3.72. The summed E-state index contributed by atoms with van der Waals surface area (Å²) in [7, 11) is 0. The molecule has 0 aliphatic carbocycles. The first kappa shape index (κ1) is 23.0. The summed E-state index contributed by atoms with van der Waals surface area (Å²) in [6, 6.07) is 15.5. The van der Waals surface area contributed by atoms with Gasteiger partial charge in [-0.1, -0.05) is 36.4 Å². The van der Waals surface area contributed by atoms with Gasteiger partial charge >= 0.3 is 0 Å². The summed E-state index contributed by atoms with van der Waals surface area (Å²) in [6.45, 7) is 6.48. The van der Waals surface area contributed by atoms with Crippen LogP contribution in [0.25, 0.3) is 5.78 Å². The number of benzene rings is 2. The molecule has 0 radical (unpaired) electrons. The number of anilines is 2. The van der Waals surface area contributed by atoms with Crippen LogP contribution in [0.1, 0.15) is 30.2 Å². The lowest BCUT2D eigenvalue weighted by atomic mass is 10.1. The zero-order valence-corrected chi connectivity index (χ0v) is 20.7. The molecule has 1 aliphatic rings. The molecule has 1 atom stereocenters. The minimum atomic E-state index is -0.384. The van der Waals surface area contributed by atoms with Gasteiger partial charge < -0.3 is 10.2 Å². The standard InChI is InChI=1S/C26H26N6O2S/c1-4-22-17(3)29-26-27-15-28-32(26)25(22)35-21-11-7-19(8-12-21)30-24(34)18-13-23(33)31(14-18)20-9-5-16(2)6-10-20/h5-12,15,18H,4,13-14H2,1-3H3,(H,30,34). The predicted octanol–water partition coefficient (Wildman–Crippen LogP) is 4.45. The summed E-state index contributed by atoms with van der Waals surface area (Å²) in [5, 5.41) is 8.30. The van der Waals surface area contributed by atoms with Gasteiger partial charge in [0.2, 0.25) is 11.8 Å². The number of rotatable bonds is 6. The highest BCUT2D eigenvalue weighted by Gasteiger charge is 2.35. The summed E-state index contributed by atoms with van der Waals surface area (Å²) in [4.78, 5) is 36.9. The van der Waals surface area contributed by atoms with E-state index in [2.05, 4.69) is 27.3 Å². The van der Waals surface area contributed by atoms with Gasteiger partial charge in [-0.2, -0.15) is 14.6 Å². The maximum absolute atomic E-state index is 12.9. The molecule has 0 spiro atoms. The fraction of sp³-hybridized carbons (Fsp3) is 0.269. The zero-order chi connectivity index (χ0) is 24.5. The predicted molar refractivity (Wildman–Crippen MR) is 136 cm³/mol. The first-order valence-electron chi connectivity index (χ1n) is 11.6. The number of carbonyl (C=O) groups excluding carboxylic acids is 2. The summed E-state index contributed by atoms with van der Waals surface area (Å²) in [5.74, 6) is 0.0255. The molecule has 4 aromatic rings. The lowest BCUT2D eigenvalue weighted by Gasteiger charge is -2.17. The minimum Gasteiger partial charge on any atom is -0.326 e. The molecule has 9 heteroatoms. The van der Waals surface area contributed by atoms with Gasteiger partial charge in [-0.25, -0.2) is 4.98 Å². The Balaban J connectivity index is 1.27. The van der Waals surface area contributed by atoms with Gasteiger partial charge in [0.15, 0.2) is 0 Å². The van der Waals surface area contributed by atoms with Crippen LogP contribution in [0.3, 0.4) is 0 Å². The molecule has 2 aromatic carbocycles. The topological polar surface area (TPSA) is 92.5 Å². The van der Waals surface area contributed by atoms with Crippen molar-refractivity contribution in [2.45, 2.75) is 43.5 Å². The van der Waals surface area contributed by atoms with Crippen LogP contribution in [0.2, 0.25) is 0 Å². The molecule has 0 saturated carbocycles. The van der Waals surface area contributed by atoms with Crippen LogP contribution in [-0.2, 0) is 16.0 Å². The van der Waals surface area contributed by atoms with E-state index in [0.717, 1.165) is 38.9 Å². The number of hydrogen-bond acceptors (Lipinski definition) is 6.